The summed E-state index contributed by atoms with van der Waals surface area (Å²) in [5.74, 6) is -1.23. The molecular formula is C24H18Cl2F2N2O2. The molecule has 0 spiro atoms. The molecule has 0 radical (unpaired) electrons. The Kier molecular flexibility index (Phi) is 6.72. The van der Waals surface area contributed by atoms with Gasteiger partial charge in [0.25, 0.3) is 5.91 Å². The highest BCUT2D eigenvalue weighted by Crippen LogP contribution is 2.26. The molecule has 0 bridgehead atoms. The van der Waals surface area contributed by atoms with E-state index in [2.05, 4.69) is 5.16 Å². The molecule has 4 rings (SSSR count). The predicted octanol–water partition coefficient (Wildman–Crippen LogP) is 6.11. The highest BCUT2D eigenvalue weighted by molar-refractivity contribution is 6.42. The maximum atomic E-state index is 13.7. The van der Waals surface area contributed by atoms with Gasteiger partial charge >= 0.3 is 0 Å². The molecule has 1 unspecified atom stereocenters. The number of oxime groups is 1. The average Bonchev–Trinajstić information content (AvgIpc) is 3.25. The zero-order valence-corrected chi connectivity index (χ0v) is 18.3. The average molecular weight is 475 g/mol. The maximum absolute atomic E-state index is 13.7. The molecule has 3 aromatic rings. The second kappa shape index (κ2) is 9.67. The van der Waals surface area contributed by atoms with Crippen molar-refractivity contribution in [3.05, 3.63) is 105 Å². The molecule has 0 N–H and O–H groups in total. The molecule has 3 aromatic carbocycles. The second-order valence-electron chi connectivity index (χ2n) is 7.42. The van der Waals surface area contributed by atoms with Crippen molar-refractivity contribution < 1.29 is 18.4 Å². The van der Waals surface area contributed by atoms with Crippen molar-refractivity contribution >= 4 is 34.8 Å². The Morgan fingerprint density at radius 1 is 1.00 bits per heavy atom. The molecule has 164 valence electrons. The molecular weight excluding hydrogens is 457 g/mol. The topological polar surface area (TPSA) is 41.9 Å². The highest BCUT2D eigenvalue weighted by atomic mass is 35.5. The number of benzene rings is 3. The van der Waals surface area contributed by atoms with Crippen molar-refractivity contribution in [3.8, 4) is 0 Å². The fraction of sp³-hybridized carbons (Fsp3) is 0.167. The molecule has 1 aliphatic heterocycles. The van der Waals surface area contributed by atoms with Gasteiger partial charge in [-0.1, -0.05) is 52.6 Å². The van der Waals surface area contributed by atoms with Crippen LogP contribution in [0.2, 0.25) is 10.0 Å². The molecule has 32 heavy (non-hydrogen) atoms. The minimum Gasteiger partial charge on any atom is -0.390 e. The second-order valence-corrected chi connectivity index (χ2v) is 8.24. The summed E-state index contributed by atoms with van der Waals surface area (Å²) in [6.45, 7) is 0.415. The van der Waals surface area contributed by atoms with Gasteiger partial charge in [-0.15, -0.1) is 0 Å². The van der Waals surface area contributed by atoms with Gasteiger partial charge in [0.1, 0.15) is 11.6 Å². The predicted molar refractivity (Wildman–Crippen MR) is 120 cm³/mol. The minimum atomic E-state index is -0.500. The van der Waals surface area contributed by atoms with E-state index in [0.29, 0.717) is 22.2 Å². The third-order valence-corrected chi connectivity index (χ3v) is 5.79. The molecule has 4 nitrogen and oxygen atoms in total. The quantitative estimate of drug-likeness (QED) is 0.432. The third-order valence-electron chi connectivity index (χ3n) is 5.06. The monoisotopic (exact) mass is 474 g/mol. The van der Waals surface area contributed by atoms with Crippen molar-refractivity contribution in [3.63, 3.8) is 0 Å². The van der Waals surface area contributed by atoms with Gasteiger partial charge in [0.05, 0.1) is 22.3 Å². The third kappa shape index (κ3) is 5.26. The van der Waals surface area contributed by atoms with Gasteiger partial charge in [-0.05, 0) is 48.0 Å². The van der Waals surface area contributed by atoms with Crippen LogP contribution in [0, 0.1) is 11.6 Å². The van der Waals surface area contributed by atoms with Gasteiger partial charge < -0.3 is 9.74 Å². The summed E-state index contributed by atoms with van der Waals surface area (Å²) in [5.41, 5.74) is 2.42. The summed E-state index contributed by atoms with van der Waals surface area (Å²) >= 11 is 12.1. The fourth-order valence-electron chi connectivity index (χ4n) is 3.45. The Hall–Kier alpha value is -2.96. The van der Waals surface area contributed by atoms with E-state index in [-0.39, 0.29) is 30.4 Å². The number of halogens is 4. The van der Waals surface area contributed by atoms with E-state index in [1.807, 2.05) is 0 Å². The van der Waals surface area contributed by atoms with Gasteiger partial charge in [0.2, 0.25) is 0 Å². The molecule has 1 atom stereocenters. The Morgan fingerprint density at radius 3 is 2.50 bits per heavy atom. The fourth-order valence-corrected chi connectivity index (χ4v) is 3.75. The first-order chi connectivity index (χ1) is 15.4. The Bertz CT molecular complexity index is 1170. The van der Waals surface area contributed by atoms with Crippen LogP contribution in [0.3, 0.4) is 0 Å². The van der Waals surface area contributed by atoms with Crippen LogP contribution in [0.25, 0.3) is 0 Å². The van der Waals surface area contributed by atoms with Gasteiger partial charge in [-0.25, -0.2) is 8.78 Å². The zero-order chi connectivity index (χ0) is 22.7. The zero-order valence-electron chi connectivity index (χ0n) is 16.8. The first kappa shape index (κ1) is 22.2. The Morgan fingerprint density at radius 2 is 1.78 bits per heavy atom. The number of rotatable bonds is 6. The van der Waals surface area contributed by atoms with Crippen LogP contribution in [0.1, 0.15) is 27.9 Å². The van der Waals surface area contributed by atoms with Crippen LogP contribution in [-0.2, 0) is 11.4 Å². The van der Waals surface area contributed by atoms with Gasteiger partial charge in [-0.2, -0.15) is 0 Å². The number of nitrogens with zero attached hydrogens (tertiary/aromatic N) is 2. The molecule has 0 aromatic heterocycles. The number of hydrogen-bond acceptors (Lipinski definition) is 3. The Balaban J connectivity index is 1.51. The summed E-state index contributed by atoms with van der Waals surface area (Å²) in [7, 11) is 0. The lowest BCUT2D eigenvalue weighted by Gasteiger charge is -2.25. The summed E-state index contributed by atoms with van der Waals surface area (Å²) in [6, 6.07) is 16.6. The number of carbonyl (C=O) groups excluding carboxylic acids is 1. The molecule has 1 aliphatic rings. The van der Waals surface area contributed by atoms with E-state index in [1.54, 1.807) is 41.3 Å². The van der Waals surface area contributed by atoms with Crippen LogP contribution >= 0.6 is 23.2 Å². The summed E-state index contributed by atoms with van der Waals surface area (Å²) in [4.78, 5) is 20.3. The smallest absolute Gasteiger partial charge is 0.254 e. The molecule has 0 saturated carbocycles. The van der Waals surface area contributed by atoms with Crippen molar-refractivity contribution in [2.24, 2.45) is 5.16 Å². The van der Waals surface area contributed by atoms with E-state index < -0.39 is 11.9 Å². The summed E-state index contributed by atoms with van der Waals surface area (Å²) in [6.07, 6.45) is 0.0475. The first-order valence-corrected chi connectivity index (χ1v) is 10.6. The largest absolute Gasteiger partial charge is 0.390 e. The standard InChI is InChI=1S/C24H18Cl2F2N2O2/c25-21-9-6-16(11-22(21)26)23-12-20(32-29-23)14-30(13-15-4-7-18(27)8-5-15)24(31)17-2-1-3-19(28)10-17/h1-11,20H,12-14H2. The van der Waals surface area contributed by atoms with E-state index in [0.717, 1.165) is 11.1 Å². The maximum Gasteiger partial charge on any atom is 0.254 e. The molecule has 0 aliphatic carbocycles. The van der Waals surface area contributed by atoms with Crippen LogP contribution in [0.5, 0.6) is 0 Å². The van der Waals surface area contributed by atoms with Crippen LogP contribution < -0.4 is 0 Å². The Labute approximate surface area is 194 Å². The molecule has 8 heteroatoms. The van der Waals surface area contributed by atoms with Gasteiger partial charge in [-0.3, -0.25) is 4.79 Å². The summed E-state index contributed by atoms with van der Waals surface area (Å²) < 4.78 is 27.0. The number of amides is 1. The van der Waals surface area contributed by atoms with Gasteiger partial charge in [0.15, 0.2) is 6.10 Å². The highest BCUT2D eigenvalue weighted by Gasteiger charge is 2.28. The van der Waals surface area contributed by atoms with Crippen LogP contribution in [0.15, 0.2) is 71.9 Å². The van der Waals surface area contributed by atoms with Crippen molar-refractivity contribution in [1.82, 2.24) is 4.90 Å². The van der Waals surface area contributed by atoms with Gasteiger partial charge in [0, 0.05) is 24.1 Å². The van der Waals surface area contributed by atoms with E-state index >= 15 is 0 Å². The lowest BCUT2D eigenvalue weighted by molar-refractivity contribution is 0.0405. The molecule has 0 saturated heterocycles. The lowest BCUT2D eigenvalue weighted by atomic mass is 10.0. The van der Waals surface area contributed by atoms with Crippen molar-refractivity contribution in [2.75, 3.05) is 6.54 Å². The molecule has 1 heterocycles. The minimum absolute atomic E-state index is 0.206. The SMILES string of the molecule is O=C(c1cccc(F)c1)N(Cc1ccc(F)cc1)CC1CC(c2ccc(Cl)c(Cl)c2)=NO1. The normalized spacial score (nSPS) is 15.2. The van der Waals surface area contributed by atoms with Crippen molar-refractivity contribution in [1.29, 1.82) is 0 Å². The molecule has 1 amide bonds. The van der Waals surface area contributed by atoms with Crippen molar-refractivity contribution in [2.45, 2.75) is 19.1 Å². The number of carbonyl (C=O) groups is 1. The lowest BCUT2D eigenvalue weighted by Crippen LogP contribution is -2.37. The van der Waals surface area contributed by atoms with E-state index in [4.69, 9.17) is 28.0 Å². The molecule has 0 fully saturated rings. The number of hydrogen-bond donors (Lipinski definition) is 0. The van der Waals surface area contributed by atoms with Crippen LogP contribution in [0.4, 0.5) is 8.78 Å². The summed E-state index contributed by atoms with van der Waals surface area (Å²) in [5, 5.41) is 5.00. The van der Waals surface area contributed by atoms with E-state index in [1.165, 1.54) is 30.3 Å². The first-order valence-electron chi connectivity index (χ1n) is 9.86. The van der Waals surface area contributed by atoms with E-state index in [9.17, 15) is 13.6 Å². The van der Waals surface area contributed by atoms with Crippen LogP contribution in [-0.4, -0.2) is 29.2 Å².